The molecule has 3 rings (SSSR count). The molecule has 2 aromatic heterocycles. The Kier molecular flexibility index (Phi) is 2.41. The van der Waals surface area contributed by atoms with Crippen molar-refractivity contribution in [2.24, 2.45) is 5.92 Å². The molecule has 0 aromatic carbocycles. The maximum Gasteiger partial charge on any atom is 0.231 e. The van der Waals surface area contributed by atoms with E-state index in [-0.39, 0.29) is 11.8 Å². The van der Waals surface area contributed by atoms with Crippen molar-refractivity contribution in [1.82, 2.24) is 15.1 Å². The van der Waals surface area contributed by atoms with Gasteiger partial charge in [0.15, 0.2) is 0 Å². The molecule has 0 saturated heterocycles. The van der Waals surface area contributed by atoms with Gasteiger partial charge in [0.05, 0.1) is 17.9 Å². The molecule has 2 aromatic rings. The second kappa shape index (κ2) is 3.93. The molecular weight excluding hydrogens is 284 g/mol. The lowest BCUT2D eigenvalue weighted by Crippen LogP contribution is -1.87. The zero-order chi connectivity index (χ0) is 11.8. The molecule has 0 spiro atoms. The molecule has 1 saturated carbocycles. The van der Waals surface area contributed by atoms with Crippen LogP contribution in [0.3, 0.4) is 0 Å². The van der Waals surface area contributed by atoms with Gasteiger partial charge in [-0.15, -0.1) is 0 Å². The number of nitrogens with zero attached hydrogens (tertiary/aromatic N) is 4. The summed E-state index contributed by atoms with van der Waals surface area (Å²) in [7, 11) is 0. The lowest BCUT2D eigenvalue weighted by Gasteiger charge is -1.95. The Morgan fingerprint density at radius 1 is 1.53 bits per heavy atom. The van der Waals surface area contributed by atoms with Crippen LogP contribution in [0.15, 0.2) is 27.3 Å². The van der Waals surface area contributed by atoms with Crippen LogP contribution in [0.4, 0.5) is 0 Å². The minimum atomic E-state index is 0.0236. The highest BCUT2D eigenvalue weighted by Gasteiger charge is 2.43. The fourth-order valence-corrected chi connectivity index (χ4v) is 2.08. The molecule has 5 nitrogen and oxygen atoms in total. The molecule has 84 valence electrons. The van der Waals surface area contributed by atoms with E-state index >= 15 is 0 Å². The molecule has 0 N–H and O–H groups in total. The van der Waals surface area contributed by atoms with E-state index in [0.717, 1.165) is 10.9 Å². The van der Waals surface area contributed by atoms with Crippen LogP contribution in [0.1, 0.15) is 18.2 Å². The molecule has 6 heteroatoms. The molecule has 1 aliphatic rings. The van der Waals surface area contributed by atoms with Gasteiger partial charge < -0.3 is 4.52 Å². The monoisotopic (exact) mass is 290 g/mol. The molecule has 1 fully saturated rings. The lowest BCUT2D eigenvalue weighted by atomic mass is 10.3. The van der Waals surface area contributed by atoms with Crippen LogP contribution in [0.5, 0.6) is 0 Å². The molecular formula is C11H7BrN4O. The fourth-order valence-electron chi connectivity index (χ4n) is 1.64. The highest BCUT2D eigenvalue weighted by molar-refractivity contribution is 9.10. The van der Waals surface area contributed by atoms with Crippen molar-refractivity contribution < 1.29 is 4.52 Å². The number of hydrogen-bond donors (Lipinski definition) is 0. The molecule has 2 unspecified atom stereocenters. The van der Waals surface area contributed by atoms with Gasteiger partial charge >= 0.3 is 0 Å². The van der Waals surface area contributed by atoms with Crippen molar-refractivity contribution in [2.45, 2.75) is 12.3 Å². The SMILES string of the molecule is N#CC1CC1c1nc(-c2ncccc2Br)no1. The predicted octanol–water partition coefficient (Wildman–Crippen LogP) is 2.52. The van der Waals surface area contributed by atoms with Gasteiger partial charge in [0.2, 0.25) is 11.7 Å². The van der Waals surface area contributed by atoms with Gasteiger partial charge in [-0.3, -0.25) is 4.98 Å². The van der Waals surface area contributed by atoms with Crippen LogP contribution in [0.2, 0.25) is 0 Å². The minimum Gasteiger partial charge on any atom is -0.339 e. The van der Waals surface area contributed by atoms with Crippen LogP contribution in [-0.4, -0.2) is 15.1 Å². The third kappa shape index (κ3) is 1.83. The van der Waals surface area contributed by atoms with Gasteiger partial charge in [-0.1, -0.05) is 5.16 Å². The standard InChI is InChI=1S/C11H7BrN4O/c12-8-2-1-3-14-9(8)10-15-11(17-16-10)7-4-6(7)5-13/h1-3,6-7H,4H2. The summed E-state index contributed by atoms with van der Waals surface area (Å²) in [6, 6.07) is 5.88. The summed E-state index contributed by atoms with van der Waals surface area (Å²) in [6.45, 7) is 0. The van der Waals surface area contributed by atoms with Gasteiger partial charge in [0.1, 0.15) is 5.69 Å². The van der Waals surface area contributed by atoms with E-state index in [1.165, 1.54) is 0 Å². The summed E-state index contributed by atoms with van der Waals surface area (Å²) < 4.78 is 5.98. The van der Waals surface area contributed by atoms with Crippen LogP contribution in [-0.2, 0) is 0 Å². The number of rotatable bonds is 2. The van der Waals surface area contributed by atoms with Crippen molar-refractivity contribution in [1.29, 1.82) is 5.26 Å². The van der Waals surface area contributed by atoms with Gasteiger partial charge in [-0.25, -0.2) is 0 Å². The molecule has 17 heavy (non-hydrogen) atoms. The summed E-state index contributed by atoms with van der Waals surface area (Å²) in [6.07, 6.45) is 2.48. The maximum atomic E-state index is 8.75. The Bertz CT molecular complexity index is 604. The first-order valence-corrected chi connectivity index (χ1v) is 5.93. The van der Waals surface area contributed by atoms with E-state index in [2.05, 4.69) is 37.1 Å². The van der Waals surface area contributed by atoms with E-state index in [1.807, 2.05) is 12.1 Å². The second-order valence-electron chi connectivity index (χ2n) is 3.87. The smallest absolute Gasteiger partial charge is 0.231 e. The highest BCUT2D eigenvalue weighted by atomic mass is 79.9. The van der Waals surface area contributed by atoms with E-state index in [4.69, 9.17) is 9.78 Å². The first-order valence-electron chi connectivity index (χ1n) is 5.13. The Labute approximate surface area is 106 Å². The second-order valence-corrected chi connectivity index (χ2v) is 4.72. The molecule has 0 bridgehead atoms. The average molecular weight is 291 g/mol. The lowest BCUT2D eigenvalue weighted by molar-refractivity contribution is 0.378. The molecule has 2 heterocycles. The van der Waals surface area contributed by atoms with Crippen molar-refractivity contribution in [3.63, 3.8) is 0 Å². The first-order chi connectivity index (χ1) is 8.29. The van der Waals surface area contributed by atoms with Crippen LogP contribution < -0.4 is 0 Å². The van der Waals surface area contributed by atoms with E-state index in [0.29, 0.717) is 17.4 Å². The third-order valence-electron chi connectivity index (χ3n) is 2.69. The van der Waals surface area contributed by atoms with Gasteiger partial charge in [0, 0.05) is 10.7 Å². The summed E-state index contributed by atoms with van der Waals surface area (Å²) >= 11 is 3.38. The Morgan fingerprint density at radius 3 is 3.12 bits per heavy atom. The average Bonchev–Trinajstić information content (AvgIpc) is 2.99. The maximum absolute atomic E-state index is 8.75. The number of nitriles is 1. The minimum absolute atomic E-state index is 0.0236. The topological polar surface area (TPSA) is 75.6 Å². The van der Waals surface area contributed by atoms with Gasteiger partial charge in [-0.2, -0.15) is 10.2 Å². The third-order valence-corrected chi connectivity index (χ3v) is 3.33. The van der Waals surface area contributed by atoms with Crippen molar-refractivity contribution in [3.05, 3.63) is 28.7 Å². The largest absolute Gasteiger partial charge is 0.339 e. The number of aromatic nitrogens is 3. The summed E-state index contributed by atoms with van der Waals surface area (Å²) in [5.41, 5.74) is 0.650. The van der Waals surface area contributed by atoms with Gasteiger partial charge in [0.25, 0.3) is 0 Å². The summed E-state index contributed by atoms with van der Waals surface area (Å²) in [4.78, 5) is 8.46. The summed E-state index contributed by atoms with van der Waals surface area (Å²) in [5, 5.41) is 12.6. The Hall–Kier alpha value is -1.74. The van der Waals surface area contributed by atoms with Gasteiger partial charge in [-0.05, 0) is 34.5 Å². The molecule has 1 aliphatic carbocycles. The Morgan fingerprint density at radius 2 is 2.41 bits per heavy atom. The zero-order valence-electron chi connectivity index (χ0n) is 8.67. The summed E-state index contributed by atoms with van der Waals surface area (Å²) in [5.74, 6) is 1.11. The van der Waals surface area contributed by atoms with Crippen LogP contribution in [0, 0.1) is 17.2 Å². The zero-order valence-corrected chi connectivity index (χ0v) is 10.3. The normalized spacial score (nSPS) is 22.1. The van der Waals surface area contributed by atoms with Crippen molar-refractivity contribution in [3.8, 4) is 17.6 Å². The molecule has 0 aliphatic heterocycles. The molecule has 0 radical (unpaired) electrons. The van der Waals surface area contributed by atoms with E-state index in [1.54, 1.807) is 6.20 Å². The van der Waals surface area contributed by atoms with Crippen molar-refractivity contribution in [2.75, 3.05) is 0 Å². The van der Waals surface area contributed by atoms with E-state index < -0.39 is 0 Å². The molecule has 2 atom stereocenters. The highest BCUT2D eigenvalue weighted by Crippen LogP contribution is 2.46. The Balaban J connectivity index is 1.92. The van der Waals surface area contributed by atoms with E-state index in [9.17, 15) is 0 Å². The van der Waals surface area contributed by atoms with Crippen molar-refractivity contribution >= 4 is 15.9 Å². The number of halogens is 1. The molecule has 0 amide bonds. The number of pyridine rings is 1. The fraction of sp³-hybridized carbons (Fsp3) is 0.273. The van der Waals surface area contributed by atoms with Crippen LogP contribution in [0.25, 0.3) is 11.5 Å². The quantitative estimate of drug-likeness (QED) is 0.849. The predicted molar refractivity (Wildman–Crippen MR) is 61.7 cm³/mol. The number of hydrogen-bond acceptors (Lipinski definition) is 5. The van der Waals surface area contributed by atoms with Crippen LogP contribution >= 0.6 is 15.9 Å². The first kappa shape index (κ1) is 10.4.